The van der Waals surface area contributed by atoms with E-state index in [1.807, 2.05) is 0 Å². The molecule has 0 radical (unpaired) electrons. The highest BCUT2D eigenvalue weighted by atomic mass is 35.5. The first-order chi connectivity index (χ1) is 13.5. The molecule has 1 atom stereocenters. The molecule has 146 valence electrons. The van der Waals surface area contributed by atoms with Gasteiger partial charge in [0.2, 0.25) is 0 Å². The zero-order valence-electron chi connectivity index (χ0n) is 15.5. The van der Waals surface area contributed by atoms with E-state index in [1.54, 1.807) is 48.5 Å². The van der Waals surface area contributed by atoms with Gasteiger partial charge in [-0.2, -0.15) is 0 Å². The maximum absolute atomic E-state index is 12.8. The van der Waals surface area contributed by atoms with E-state index >= 15 is 0 Å². The van der Waals surface area contributed by atoms with E-state index in [2.05, 4.69) is 0 Å². The van der Waals surface area contributed by atoms with Crippen molar-refractivity contribution in [3.63, 3.8) is 0 Å². The van der Waals surface area contributed by atoms with Crippen molar-refractivity contribution in [3.8, 4) is 5.75 Å². The van der Waals surface area contributed by atoms with Crippen molar-refractivity contribution < 1.29 is 24.2 Å². The number of benzene rings is 2. The summed E-state index contributed by atoms with van der Waals surface area (Å²) in [6, 6.07) is 12.7. The number of aliphatic hydroxyl groups is 1. The Bertz CT molecular complexity index is 923. The van der Waals surface area contributed by atoms with Gasteiger partial charge in [0.15, 0.2) is 0 Å². The summed E-state index contributed by atoms with van der Waals surface area (Å²) in [6.45, 7) is 0.463. The molecule has 1 fully saturated rings. The lowest BCUT2D eigenvalue weighted by Crippen LogP contribution is -2.32. The lowest BCUT2D eigenvalue weighted by Gasteiger charge is -2.25. The average Bonchev–Trinajstić information content (AvgIpc) is 2.96. The minimum Gasteiger partial charge on any atom is -0.507 e. The first-order valence-corrected chi connectivity index (χ1v) is 9.03. The van der Waals surface area contributed by atoms with Crippen LogP contribution in [0, 0.1) is 0 Å². The predicted octanol–water partition coefficient (Wildman–Crippen LogP) is 3.42. The van der Waals surface area contributed by atoms with E-state index < -0.39 is 17.7 Å². The number of ether oxygens (including phenoxy) is 2. The second-order valence-electron chi connectivity index (χ2n) is 6.27. The summed E-state index contributed by atoms with van der Waals surface area (Å²) in [6.07, 6.45) is 0. The number of Topliss-reactive ketones (excluding diaryl/α,β-unsaturated/α-hetero) is 1. The van der Waals surface area contributed by atoms with Crippen molar-refractivity contribution in [2.24, 2.45) is 0 Å². The van der Waals surface area contributed by atoms with Crippen molar-refractivity contribution in [1.29, 1.82) is 0 Å². The number of amides is 1. The molecule has 3 rings (SSSR count). The van der Waals surface area contributed by atoms with Crippen LogP contribution in [0.3, 0.4) is 0 Å². The van der Waals surface area contributed by atoms with Crippen LogP contribution in [0.25, 0.3) is 5.76 Å². The number of aliphatic hydroxyl groups excluding tert-OH is 1. The molecule has 28 heavy (non-hydrogen) atoms. The van der Waals surface area contributed by atoms with Crippen molar-refractivity contribution in [2.45, 2.75) is 6.04 Å². The van der Waals surface area contributed by atoms with Gasteiger partial charge in [-0.15, -0.1) is 0 Å². The van der Waals surface area contributed by atoms with Gasteiger partial charge < -0.3 is 19.5 Å². The smallest absolute Gasteiger partial charge is 0.295 e. The molecular formula is C21H20ClNO5. The van der Waals surface area contributed by atoms with Gasteiger partial charge in [-0.1, -0.05) is 23.7 Å². The van der Waals surface area contributed by atoms with E-state index in [0.717, 1.165) is 0 Å². The van der Waals surface area contributed by atoms with Crippen molar-refractivity contribution in [1.82, 2.24) is 4.90 Å². The summed E-state index contributed by atoms with van der Waals surface area (Å²) >= 11 is 6.12. The van der Waals surface area contributed by atoms with Crippen molar-refractivity contribution in [3.05, 3.63) is 70.3 Å². The minimum absolute atomic E-state index is 0.0218. The quantitative estimate of drug-likeness (QED) is 0.456. The molecule has 1 saturated heterocycles. The Morgan fingerprint density at radius 1 is 1.14 bits per heavy atom. The molecule has 6 nitrogen and oxygen atoms in total. The van der Waals surface area contributed by atoms with Crippen LogP contribution in [0.4, 0.5) is 0 Å². The number of rotatable bonds is 6. The van der Waals surface area contributed by atoms with Gasteiger partial charge in [-0.05, 0) is 42.0 Å². The van der Waals surface area contributed by atoms with Crippen LogP contribution >= 0.6 is 11.6 Å². The fraction of sp³-hybridized carbons (Fsp3) is 0.238. The minimum atomic E-state index is -0.754. The van der Waals surface area contributed by atoms with Crippen LogP contribution < -0.4 is 4.74 Å². The van der Waals surface area contributed by atoms with Crippen molar-refractivity contribution >= 4 is 29.1 Å². The summed E-state index contributed by atoms with van der Waals surface area (Å²) in [7, 11) is 3.05. The summed E-state index contributed by atoms with van der Waals surface area (Å²) < 4.78 is 10.2. The molecule has 1 aliphatic heterocycles. The van der Waals surface area contributed by atoms with Crippen LogP contribution in [-0.4, -0.2) is 49.1 Å². The summed E-state index contributed by atoms with van der Waals surface area (Å²) in [5, 5.41) is 11.4. The second kappa shape index (κ2) is 8.46. The van der Waals surface area contributed by atoms with Gasteiger partial charge in [-0.3, -0.25) is 9.59 Å². The third-order valence-electron chi connectivity index (χ3n) is 4.60. The Morgan fingerprint density at radius 2 is 1.86 bits per heavy atom. The first kappa shape index (κ1) is 19.9. The maximum Gasteiger partial charge on any atom is 0.295 e. The lowest BCUT2D eigenvalue weighted by atomic mass is 9.95. The zero-order valence-corrected chi connectivity index (χ0v) is 16.3. The molecule has 0 aromatic heterocycles. The molecular weight excluding hydrogens is 382 g/mol. The number of carbonyl (C=O) groups excluding carboxylic acids is 2. The van der Waals surface area contributed by atoms with Crippen LogP contribution in [0.2, 0.25) is 5.02 Å². The van der Waals surface area contributed by atoms with Gasteiger partial charge >= 0.3 is 0 Å². The van der Waals surface area contributed by atoms with Gasteiger partial charge in [0.05, 0.1) is 25.3 Å². The van der Waals surface area contributed by atoms with E-state index in [0.29, 0.717) is 21.9 Å². The highest BCUT2D eigenvalue weighted by Gasteiger charge is 2.45. The normalized spacial score (nSPS) is 18.5. The van der Waals surface area contributed by atoms with E-state index in [-0.39, 0.29) is 24.5 Å². The molecule has 1 aliphatic rings. The lowest BCUT2D eigenvalue weighted by molar-refractivity contribution is -0.140. The number of methoxy groups -OCH3 is 2. The summed E-state index contributed by atoms with van der Waals surface area (Å²) in [5.74, 6) is -1.05. The molecule has 1 heterocycles. The Balaban J connectivity index is 2.14. The number of nitrogens with zero attached hydrogens (tertiary/aromatic N) is 1. The van der Waals surface area contributed by atoms with Gasteiger partial charge in [0.1, 0.15) is 11.5 Å². The Kier molecular flexibility index (Phi) is 6.02. The highest BCUT2D eigenvalue weighted by molar-refractivity contribution is 6.46. The number of hydrogen-bond acceptors (Lipinski definition) is 5. The van der Waals surface area contributed by atoms with Crippen molar-refractivity contribution in [2.75, 3.05) is 27.4 Å². The van der Waals surface area contributed by atoms with Crippen LogP contribution in [0.5, 0.6) is 5.75 Å². The van der Waals surface area contributed by atoms with Crippen LogP contribution in [0.15, 0.2) is 54.1 Å². The fourth-order valence-corrected chi connectivity index (χ4v) is 3.43. The number of carbonyl (C=O) groups is 2. The van der Waals surface area contributed by atoms with E-state index in [4.69, 9.17) is 21.1 Å². The standard InChI is InChI=1S/C21H20ClNO5/c1-27-11-10-23-18(14-4-3-5-15(22)12-14)17(20(25)21(23)26)19(24)13-6-8-16(28-2)9-7-13/h3-9,12,18,24H,10-11H2,1-2H3/b19-17+/t18-/m1/s1. The molecule has 0 unspecified atom stereocenters. The summed E-state index contributed by atoms with van der Waals surface area (Å²) in [4.78, 5) is 26.8. The first-order valence-electron chi connectivity index (χ1n) is 8.65. The molecule has 1 N–H and O–H groups in total. The average molecular weight is 402 g/mol. The fourth-order valence-electron chi connectivity index (χ4n) is 3.23. The Morgan fingerprint density at radius 3 is 2.46 bits per heavy atom. The zero-order chi connectivity index (χ0) is 20.3. The Hall–Kier alpha value is -2.83. The van der Waals surface area contributed by atoms with E-state index in [1.165, 1.54) is 19.1 Å². The van der Waals surface area contributed by atoms with E-state index in [9.17, 15) is 14.7 Å². The third kappa shape index (κ3) is 3.74. The largest absolute Gasteiger partial charge is 0.507 e. The van der Waals surface area contributed by atoms with Crippen LogP contribution in [0.1, 0.15) is 17.2 Å². The monoisotopic (exact) mass is 401 g/mol. The molecule has 2 aromatic rings. The Labute approximate surface area is 167 Å². The topological polar surface area (TPSA) is 76.1 Å². The predicted molar refractivity (Wildman–Crippen MR) is 105 cm³/mol. The second-order valence-corrected chi connectivity index (χ2v) is 6.71. The van der Waals surface area contributed by atoms with Gasteiger partial charge in [0.25, 0.3) is 11.7 Å². The van der Waals surface area contributed by atoms with Crippen LogP contribution in [-0.2, 0) is 14.3 Å². The molecule has 0 bridgehead atoms. The molecule has 7 heteroatoms. The molecule has 0 spiro atoms. The van der Waals surface area contributed by atoms with Gasteiger partial charge in [-0.25, -0.2) is 0 Å². The summed E-state index contributed by atoms with van der Waals surface area (Å²) in [5.41, 5.74) is 1.07. The number of likely N-dealkylation sites (tertiary alicyclic amines) is 1. The molecule has 0 aliphatic carbocycles. The third-order valence-corrected chi connectivity index (χ3v) is 4.84. The highest BCUT2D eigenvalue weighted by Crippen LogP contribution is 2.39. The molecule has 0 saturated carbocycles. The SMILES string of the molecule is COCCN1C(=O)C(=O)/C(=C(/O)c2ccc(OC)cc2)[C@H]1c1cccc(Cl)c1. The number of halogens is 1. The molecule has 1 amide bonds. The number of hydrogen-bond donors (Lipinski definition) is 1. The number of ketones is 1. The maximum atomic E-state index is 12.8. The molecule has 2 aromatic carbocycles. The van der Waals surface area contributed by atoms with Gasteiger partial charge in [0, 0.05) is 24.2 Å².